The standard InChI is InChI=1S/C6H16N2O2/c1-6(2,3)8(7-10)4-5-9/h9H,4-5,7H2,1-3H3. The van der Waals surface area contributed by atoms with Crippen molar-refractivity contribution in [1.29, 1.82) is 0 Å². The third-order valence-electron chi connectivity index (χ3n) is 1.33. The largest absolute Gasteiger partial charge is 0.614 e. The fraction of sp³-hybridized carbons (Fsp3) is 1.00. The average Bonchev–Trinajstić information content (AvgIpc) is 1.80. The summed E-state index contributed by atoms with van der Waals surface area (Å²) < 4.78 is 0. The van der Waals surface area contributed by atoms with E-state index in [0.717, 1.165) is 5.59 Å². The summed E-state index contributed by atoms with van der Waals surface area (Å²) in [6.07, 6.45) is 0. The predicted octanol–water partition coefficient (Wildman–Crippen LogP) is -0.945. The van der Waals surface area contributed by atoms with Crippen molar-refractivity contribution in [3.63, 3.8) is 0 Å². The second-order valence-corrected chi connectivity index (χ2v) is 3.19. The molecule has 0 aromatic heterocycles. The zero-order valence-electron chi connectivity index (χ0n) is 6.79. The molecule has 0 fully saturated rings. The summed E-state index contributed by atoms with van der Waals surface area (Å²) in [5.41, 5.74) is 0.584. The molecule has 0 spiro atoms. The van der Waals surface area contributed by atoms with E-state index in [1.165, 1.54) is 0 Å². The summed E-state index contributed by atoms with van der Waals surface area (Å²) >= 11 is 0. The summed E-state index contributed by atoms with van der Waals surface area (Å²) in [7, 11) is 0. The van der Waals surface area contributed by atoms with E-state index in [4.69, 9.17) is 5.11 Å². The molecule has 0 bridgehead atoms. The summed E-state index contributed by atoms with van der Waals surface area (Å²) in [4.78, 5) is 0. The number of hydrogen-bond acceptors (Lipinski definition) is 3. The Morgan fingerprint density at radius 1 is 1.50 bits per heavy atom. The third-order valence-corrected chi connectivity index (χ3v) is 1.33. The molecule has 62 valence electrons. The summed E-state index contributed by atoms with van der Waals surface area (Å²) in [5, 5.41) is 20.4. The topological polar surface area (TPSA) is 63.1 Å². The van der Waals surface area contributed by atoms with Gasteiger partial charge in [0.25, 0.3) is 0 Å². The SMILES string of the molecule is CC(C)(C)N(CCO)[NH2+][O-]. The lowest BCUT2D eigenvalue weighted by Crippen LogP contribution is -2.92. The van der Waals surface area contributed by atoms with Crippen LogP contribution in [0.25, 0.3) is 0 Å². The van der Waals surface area contributed by atoms with Gasteiger partial charge in [-0.3, -0.25) is 0 Å². The van der Waals surface area contributed by atoms with Crippen LogP contribution < -0.4 is 5.59 Å². The lowest BCUT2D eigenvalue weighted by molar-refractivity contribution is -0.767. The Hall–Kier alpha value is -0.160. The number of quaternary nitrogens is 1. The van der Waals surface area contributed by atoms with Gasteiger partial charge >= 0.3 is 0 Å². The van der Waals surface area contributed by atoms with Gasteiger partial charge in [0, 0.05) is 0 Å². The van der Waals surface area contributed by atoms with E-state index < -0.39 is 0 Å². The van der Waals surface area contributed by atoms with E-state index >= 15 is 0 Å². The first-order valence-corrected chi connectivity index (χ1v) is 3.35. The molecule has 0 aliphatic heterocycles. The van der Waals surface area contributed by atoms with Crippen LogP contribution in [0, 0.1) is 5.21 Å². The maximum absolute atomic E-state index is 10.4. The maximum Gasteiger partial charge on any atom is 0.0714 e. The molecule has 0 saturated carbocycles. The molecule has 0 aliphatic carbocycles. The molecule has 0 radical (unpaired) electrons. The number of nitrogens with zero attached hydrogens (tertiary/aromatic N) is 1. The summed E-state index contributed by atoms with van der Waals surface area (Å²) in [5.74, 6) is 0. The fourth-order valence-electron chi connectivity index (χ4n) is 0.654. The highest BCUT2D eigenvalue weighted by Gasteiger charge is 2.21. The van der Waals surface area contributed by atoms with E-state index in [1.807, 2.05) is 20.8 Å². The summed E-state index contributed by atoms with van der Waals surface area (Å²) in [6, 6.07) is 0. The molecular weight excluding hydrogens is 132 g/mol. The van der Waals surface area contributed by atoms with Crippen LogP contribution in [0.5, 0.6) is 0 Å². The number of aliphatic hydroxyl groups excluding tert-OH is 1. The molecule has 0 heterocycles. The van der Waals surface area contributed by atoms with Gasteiger partial charge in [0.2, 0.25) is 0 Å². The highest BCUT2D eigenvalue weighted by Crippen LogP contribution is 2.05. The van der Waals surface area contributed by atoms with Crippen LogP contribution in [0.15, 0.2) is 0 Å². The number of rotatable bonds is 3. The van der Waals surface area contributed by atoms with Crippen LogP contribution in [0.1, 0.15) is 20.8 Å². The van der Waals surface area contributed by atoms with Crippen molar-refractivity contribution in [2.75, 3.05) is 13.2 Å². The Kier molecular flexibility index (Phi) is 3.81. The Morgan fingerprint density at radius 2 is 2.00 bits per heavy atom. The molecular formula is C6H16N2O2. The van der Waals surface area contributed by atoms with Crippen molar-refractivity contribution in [2.24, 2.45) is 0 Å². The molecule has 0 aromatic rings. The van der Waals surface area contributed by atoms with Gasteiger partial charge in [-0.1, -0.05) is 0 Å². The van der Waals surface area contributed by atoms with Crippen LogP contribution >= 0.6 is 0 Å². The molecule has 0 atom stereocenters. The Balaban J connectivity index is 3.81. The van der Waals surface area contributed by atoms with Crippen molar-refractivity contribution >= 4 is 0 Å². The van der Waals surface area contributed by atoms with Crippen molar-refractivity contribution < 1.29 is 10.7 Å². The first-order chi connectivity index (χ1) is 4.52. The van der Waals surface area contributed by atoms with Gasteiger partial charge in [0.05, 0.1) is 18.7 Å². The zero-order chi connectivity index (χ0) is 8.20. The predicted molar refractivity (Wildman–Crippen MR) is 38.8 cm³/mol. The highest BCUT2D eigenvalue weighted by molar-refractivity contribution is 4.67. The van der Waals surface area contributed by atoms with Crippen LogP contribution in [0.3, 0.4) is 0 Å². The monoisotopic (exact) mass is 148 g/mol. The molecule has 0 unspecified atom stereocenters. The molecule has 4 nitrogen and oxygen atoms in total. The minimum absolute atomic E-state index is 0.0238. The second-order valence-electron chi connectivity index (χ2n) is 3.19. The van der Waals surface area contributed by atoms with Crippen LogP contribution in [0.4, 0.5) is 0 Å². The maximum atomic E-state index is 10.4. The van der Waals surface area contributed by atoms with Crippen LogP contribution in [0.2, 0.25) is 0 Å². The van der Waals surface area contributed by atoms with Gasteiger partial charge in [0.1, 0.15) is 0 Å². The molecule has 0 rings (SSSR count). The molecule has 0 saturated heterocycles. The van der Waals surface area contributed by atoms with Crippen molar-refractivity contribution in [2.45, 2.75) is 26.3 Å². The molecule has 3 N–H and O–H groups in total. The number of nitrogens with two attached hydrogens (primary N) is 1. The number of β-amino-alcohol motifs (C(OH)–C–C–N with tert-alkyl or cyclic N) is 1. The van der Waals surface area contributed by atoms with Gasteiger partial charge in [-0.2, -0.15) is 5.01 Å². The minimum Gasteiger partial charge on any atom is -0.614 e. The van der Waals surface area contributed by atoms with Gasteiger partial charge < -0.3 is 15.9 Å². The quantitative estimate of drug-likeness (QED) is 0.401. The molecule has 0 aromatic carbocycles. The van der Waals surface area contributed by atoms with E-state index in [1.54, 1.807) is 5.01 Å². The molecule has 4 heteroatoms. The van der Waals surface area contributed by atoms with E-state index in [2.05, 4.69) is 0 Å². The Bertz CT molecular complexity index is 90.2. The van der Waals surface area contributed by atoms with Crippen molar-refractivity contribution in [3.05, 3.63) is 5.21 Å². The highest BCUT2D eigenvalue weighted by atomic mass is 16.5. The van der Waals surface area contributed by atoms with Crippen LogP contribution in [-0.2, 0) is 0 Å². The number of hydrogen-bond donors (Lipinski definition) is 2. The first-order valence-electron chi connectivity index (χ1n) is 3.35. The van der Waals surface area contributed by atoms with E-state index in [9.17, 15) is 5.21 Å². The smallest absolute Gasteiger partial charge is 0.0714 e. The van der Waals surface area contributed by atoms with E-state index in [-0.39, 0.29) is 12.1 Å². The van der Waals surface area contributed by atoms with Crippen LogP contribution in [-0.4, -0.2) is 28.8 Å². The van der Waals surface area contributed by atoms with Gasteiger partial charge in [0.15, 0.2) is 0 Å². The van der Waals surface area contributed by atoms with E-state index in [0.29, 0.717) is 6.54 Å². The molecule has 10 heavy (non-hydrogen) atoms. The van der Waals surface area contributed by atoms with Gasteiger partial charge in [-0.05, 0) is 20.8 Å². The lowest BCUT2D eigenvalue weighted by atomic mass is 10.1. The minimum atomic E-state index is -0.176. The Morgan fingerprint density at radius 3 is 2.10 bits per heavy atom. The molecule has 0 aliphatic rings. The zero-order valence-corrected chi connectivity index (χ0v) is 6.79. The van der Waals surface area contributed by atoms with Crippen molar-refractivity contribution in [3.8, 4) is 0 Å². The normalized spacial score (nSPS) is 12.6. The average molecular weight is 148 g/mol. The Labute approximate surface area is 61.4 Å². The van der Waals surface area contributed by atoms with Gasteiger partial charge in [-0.15, -0.1) is 0 Å². The first kappa shape index (κ1) is 9.84. The molecule has 0 amide bonds. The number of aliphatic hydroxyl groups is 1. The fourth-order valence-corrected chi connectivity index (χ4v) is 0.654. The summed E-state index contributed by atoms with van der Waals surface area (Å²) in [6.45, 7) is 6.22. The van der Waals surface area contributed by atoms with Gasteiger partial charge in [-0.25, -0.2) is 0 Å². The van der Waals surface area contributed by atoms with Crippen molar-refractivity contribution in [1.82, 2.24) is 5.01 Å². The third kappa shape index (κ3) is 3.12. The lowest BCUT2D eigenvalue weighted by Gasteiger charge is -2.32. The second kappa shape index (κ2) is 3.88.